The van der Waals surface area contributed by atoms with E-state index >= 15 is 0 Å². The molecule has 1 amide bonds. The van der Waals surface area contributed by atoms with Gasteiger partial charge in [-0.2, -0.15) is 0 Å². The number of anilines is 1. The van der Waals surface area contributed by atoms with Crippen molar-refractivity contribution in [3.8, 4) is 0 Å². The maximum absolute atomic E-state index is 12.4. The van der Waals surface area contributed by atoms with Gasteiger partial charge in [-0.3, -0.25) is 9.36 Å². The molecule has 0 saturated heterocycles. The molecule has 2 heterocycles. The number of nitrogens with zero attached hydrogens (tertiary/aromatic N) is 2. The van der Waals surface area contributed by atoms with Crippen LogP contribution in [-0.2, 0) is 16.7 Å². The van der Waals surface area contributed by atoms with Crippen LogP contribution in [0.2, 0.25) is 0 Å². The average Bonchev–Trinajstić information content (AvgIpc) is 3.22. The number of rotatable bonds is 3. The Balaban J connectivity index is 1.48. The minimum absolute atomic E-state index is 0.253. The molecule has 0 unspecified atom stereocenters. The molecule has 1 aromatic heterocycles. The lowest BCUT2D eigenvalue weighted by Gasteiger charge is -2.07. The summed E-state index contributed by atoms with van der Waals surface area (Å²) in [7, 11) is 1.63. The summed E-state index contributed by atoms with van der Waals surface area (Å²) >= 11 is 0. The molecule has 0 radical (unpaired) electrons. The number of benzene rings is 2. The van der Waals surface area contributed by atoms with Crippen LogP contribution in [0, 0.1) is 0 Å². The molecular formula is C18H15N3O4. The van der Waals surface area contributed by atoms with E-state index in [1.807, 2.05) is 30.3 Å². The number of carbonyl (C=O) groups is 1. The molecule has 0 saturated carbocycles. The zero-order valence-corrected chi connectivity index (χ0v) is 13.4. The number of amides is 1. The smallest absolute Gasteiger partial charge is 0.408 e. The van der Waals surface area contributed by atoms with Gasteiger partial charge in [0.05, 0.1) is 5.52 Å². The number of aromatic nitrogens is 1. The van der Waals surface area contributed by atoms with Crippen LogP contribution in [0.4, 0.5) is 5.69 Å². The van der Waals surface area contributed by atoms with E-state index in [0.29, 0.717) is 28.9 Å². The molecule has 0 bridgehead atoms. The molecule has 1 atom stereocenters. The minimum Gasteiger partial charge on any atom is -0.408 e. The third-order valence-corrected chi connectivity index (χ3v) is 4.15. The zero-order chi connectivity index (χ0) is 17.4. The van der Waals surface area contributed by atoms with Crippen LogP contribution in [-0.4, -0.2) is 16.2 Å². The summed E-state index contributed by atoms with van der Waals surface area (Å²) in [5.74, 6) is -0.784. The van der Waals surface area contributed by atoms with E-state index in [1.165, 1.54) is 4.57 Å². The summed E-state index contributed by atoms with van der Waals surface area (Å²) in [4.78, 5) is 29.3. The lowest BCUT2D eigenvalue weighted by atomic mass is 10.0. The molecular weight excluding hydrogens is 322 g/mol. The summed E-state index contributed by atoms with van der Waals surface area (Å²) in [6.45, 7) is 0. The van der Waals surface area contributed by atoms with Crippen molar-refractivity contribution >= 4 is 28.4 Å². The highest BCUT2D eigenvalue weighted by Crippen LogP contribution is 2.27. The first kappa shape index (κ1) is 15.2. The van der Waals surface area contributed by atoms with Crippen LogP contribution in [0.25, 0.3) is 11.1 Å². The first-order valence-electron chi connectivity index (χ1n) is 7.80. The molecule has 25 heavy (non-hydrogen) atoms. The minimum atomic E-state index is -0.447. The monoisotopic (exact) mass is 337 g/mol. The number of hydrogen-bond donors (Lipinski definition) is 1. The molecule has 2 aromatic carbocycles. The SMILES string of the molecule is Cn1c(=O)oc2cc(NC(=O)C3=NO[C@@H](c4ccccc4)C3)ccc21. The predicted molar refractivity (Wildman–Crippen MR) is 92.4 cm³/mol. The van der Waals surface area contributed by atoms with Gasteiger partial charge in [0.1, 0.15) is 5.71 Å². The van der Waals surface area contributed by atoms with Gasteiger partial charge in [-0.25, -0.2) is 4.79 Å². The fraction of sp³-hybridized carbons (Fsp3) is 0.167. The number of carbonyl (C=O) groups excluding carboxylic acids is 1. The van der Waals surface area contributed by atoms with E-state index in [1.54, 1.807) is 25.2 Å². The maximum atomic E-state index is 12.4. The molecule has 4 rings (SSSR count). The first-order chi connectivity index (χ1) is 12.1. The van der Waals surface area contributed by atoms with Crippen LogP contribution in [0.3, 0.4) is 0 Å². The highest BCUT2D eigenvalue weighted by molar-refractivity contribution is 6.43. The molecule has 3 aromatic rings. The highest BCUT2D eigenvalue weighted by atomic mass is 16.6. The fourth-order valence-electron chi connectivity index (χ4n) is 2.77. The molecule has 126 valence electrons. The molecule has 0 aliphatic carbocycles. The Bertz CT molecular complexity index is 1030. The van der Waals surface area contributed by atoms with Crippen LogP contribution in [0.15, 0.2) is 62.9 Å². The lowest BCUT2D eigenvalue weighted by molar-refractivity contribution is -0.110. The average molecular weight is 337 g/mol. The first-order valence-corrected chi connectivity index (χ1v) is 7.80. The van der Waals surface area contributed by atoms with E-state index in [4.69, 9.17) is 9.25 Å². The van der Waals surface area contributed by atoms with Gasteiger partial charge >= 0.3 is 5.76 Å². The van der Waals surface area contributed by atoms with Crippen molar-refractivity contribution in [1.29, 1.82) is 0 Å². The van der Waals surface area contributed by atoms with Gasteiger partial charge in [0, 0.05) is 25.2 Å². The normalized spacial score (nSPS) is 16.5. The second-order valence-electron chi connectivity index (χ2n) is 5.81. The Labute approximate surface area is 142 Å². The van der Waals surface area contributed by atoms with Crippen molar-refractivity contribution in [2.45, 2.75) is 12.5 Å². The van der Waals surface area contributed by atoms with Gasteiger partial charge in [-0.05, 0) is 17.7 Å². The molecule has 0 fully saturated rings. The third-order valence-electron chi connectivity index (χ3n) is 4.15. The number of fused-ring (bicyclic) bond motifs is 1. The summed E-state index contributed by atoms with van der Waals surface area (Å²) < 4.78 is 6.53. The van der Waals surface area contributed by atoms with Crippen LogP contribution in [0.1, 0.15) is 18.1 Å². The molecule has 1 aliphatic heterocycles. The molecule has 7 nitrogen and oxygen atoms in total. The van der Waals surface area contributed by atoms with Crippen molar-refractivity contribution in [3.05, 3.63) is 64.6 Å². The van der Waals surface area contributed by atoms with Crippen LogP contribution >= 0.6 is 0 Å². The summed E-state index contributed by atoms with van der Waals surface area (Å²) in [5, 5.41) is 6.65. The number of hydrogen-bond acceptors (Lipinski definition) is 5. The van der Waals surface area contributed by atoms with Crippen LogP contribution in [0.5, 0.6) is 0 Å². The van der Waals surface area contributed by atoms with E-state index in [-0.39, 0.29) is 12.0 Å². The number of nitrogens with one attached hydrogen (secondary N) is 1. The van der Waals surface area contributed by atoms with Gasteiger partial charge in [0.25, 0.3) is 5.91 Å². The molecule has 0 spiro atoms. The topological polar surface area (TPSA) is 85.8 Å². The third kappa shape index (κ3) is 2.80. The Kier molecular flexibility index (Phi) is 3.61. The second kappa shape index (κ2) is 5.94. The van der Waals surface area contributed by atoms with E-state index < -0.39 is 5.76 Å². The second-order valence-corrected chi connectivity index (χ2v) is 5.81. The number of oxime groups is 1. The quantitative estimate of drug-likeness (QED) is 0.796. The highest BCUT2D eigenvalue weighted by Gasteiger charge is 2.27. The number of aryl methyl sites for hydroxylation is 1. The standard InChI is InChI=1S/C18H15N3O4/c1-21-14-8-7-12(9-16(14)24-18(21)23)19-17(22)13-10-15(25-20-13)11-5-3-2-4-6-11/h2-9,15H,10H2,1H3,(H,19,22)/t15-/m1/s1. The van der Waals surface area contributed by atoms with Crippen molar-refractivity contribution in [2.24, 2.45) is 12.2 Å². The van der Waals surface area contributed by atoms with Crippen molar-refractivity contribution in [3.63, 3.8) is 0 Å². The number of oxazole rings is 1. The fourth-order valence-corrected chi connectivity index (χ4v) is 2.77. The van der Waals surface area contributed by atoms with E-state index in [0.717, 1.165) is 5.56 Å². The summed E-state index contributed by atoms with van der Waals surface area (Å²) in [5.41, 5.74) is 2.90. The predicted octanol–water partition coefficient (Wildman–Crippen LogP) is 2.59. The largest absolute Gasteiger partial charge is 0.419 e. The Hall–Kier alpha value is -3.35. The maximum Gasteiger partial charge on any atom is 0.419 e. The van der Waals surface area contributed by atoms with Crippen molar-refractivity contribution in [2.75, 3.05) is 5.32 Å². The van der Waals surface area contributed by atoms with Gasteiger partial charge < -0.3 is 14.6 Å². The van der Waals surface area contributed by atoms with Gasteiger partial charge in [0.15, 0.2) is 11.7 Å². The van der Waals surface area contributed by atoms with Gasteiger partial charge in [-0.15, -0.1) is 0 Å². The summed E-state index contributed by atoms with van der Waals surface area (Å²) in [6.07, 6.45) is 0.148. The Morgan fingerprint density at radius 3 is 2.84 bits per heavy atom. The molecule has 7 heteroatoms. The summed E-state index contributed by atoms with van der Waals surface area (Å²) in [6, 6.07) is 14.7. The Morgan fingerprint density at radius 1 is 1.24 bits per heavy atom. The molecule has 1 N–H and O–H groups in total. The zero-order valence-electron chi connectivity index (χ0n) is 13.4. The van der Waals surface area contributed by atoms with Gasteiger partial charge in [0.2, 0.25) is 0 Å². The van der Waals surface area contributed by atoms with Gasteiger partial charge in [-0.1, -0.05) is 35.5 Å². The van der Waals surface area contributed by atoms with E-state index in [2.05, 4.69) is 10.5 Å². The van der Waals surface area contributed by atoms with E-state index in [9.17, 15) is 9.59 Å². The van der Waals surface area contributed by atoms with Crippen LogP contribution < -0.4 is 11.1 Å². The van der Waals surface area contributed by atoms with Crippen molar-refractivity contribution in [1.82, 2.24) is 4.57 Å². The molecule has 1 aliphatic rings. The van der Waals surface area contributed by atoms with Crippen molar-refractivity contribution < 1.29 is 14.0 Å². The lowest BCUT2D eigenvalue weighted by Crippen LogP contribution is -2.21. The Morgan fingerprint density at radius 2 is 2.04 bits per heavy atom.